The second-order valence-corrected chi connectivity index (χ2v) is 3.88. The largest absolute Gasteiger partial charge is 0.495 e. The molecule has 0 spiro atoms. The van der Waals surface area contributed by atoms with Gasteiger partial charge in [0.1, 0.15) is 11.4 Å². The maximum Gasteiger partial charge on any atom is 0.265 e. The number of primary amides is 1. The number of aryl methyl sites for hydroxylation is 2. The van der Waals surface area contributed by atoms with Crippen molar-refractivity contribution in [3.05, 3.63) is 29.0 Å². The Bertz CT molecular complexity index is 570. The van der Waals surface area contributed by atoms with E-state index in [-0.39, 0.29) is 0 Å². The maximum absolute atomic E-state index is 11.2. The minimum absolute atomic E-state index is 0.443. The Morgan fingerprint density at radius 1 is 1.38 bits per heavy atom. The van der Waals surface area contributed by atoms with Crippen molar-refractivity contribution in [1.29, 1.82) is 0 Å². The van der Waals surface area contributed by atoms with Gasteiger partial charge in [0.2, 0.25) is 0 Å². The molecule has 0 fully saturated rings. The van der Waals surface area contributed by atoms with Gasteiger partial charge in [-0.2, -0.15) is 0 Å². The van der Waals surface area contributed by atoms with Crippen LogP contribution in [0.1, 0.15) is 21.6 Å². The Hall–Kier alpha value is -1.97. The van der Waals surface area contributed by atoms with Gasteiger partial charge in [-0.15, -0.1) is 0 Å². The van der Waals surface area contributed by atoms with E-state index >= 15 is 0 Å². The number of methoxy groups -OCH3 is 1. The first kappa shape index (κ1) is 10.5. The molecule has 2 rings (SSSR count). The number of hydrogen-bond donors (Lipinski definition) is 2. The zero-order valence-corrected chi connectivity index (χ0v) is 9.55. The molecule has 0 aliphatic carbocycles. The molecule has 84 valence electrons. The molecule has 2 aromatic rings. The van der Waals surface area contributed by atoms with Crippen molar-refractivity contribution in [2.75, 3.05) is 7.11 Å². The zero-order valence-electron chi connectivity index (χ0n) is 9.55. The van der Waals surface area contributed by atoms with Crippen molar-refractivity contribution in [2.24, 2.45) is 5.73 Å². The summed E-state index contributed by atoms with van der Waals surface area (Å²) >= 11 is 0. The van der Waals surface area contributed by atoms with E-state index in [2.05, 4.69) is 4.98 Å². The third kappa shape index (κ3) is 1.43. The number of rotatable bonds is 2. The standard InChI is InChI=1S/C12H14N2O2/c1-6-4-8-7(2)10(12(13)15)14-11(8)9(5-6)16-3/h4-5,14H,1-3H3,(H2,13,15). The minimum atomic E-state index is -0.451. The van der Waals surface area contributed by atoms with Crippen LogP contribution in [0.5, 0.6) is 5.75 Å². The number of amides is 1. The number of aromatic nitrogens is 1. The highest BCUT2D eigenvalue weighted by Crippen LogP contribution is 2.30. The lowest BCUT2D eigenvalue weighted by Gasteiger charge is -2.03. The fourth-order valence-electron chi connectivity index (χ4n) is 1.94. The number of benzene rings is 1. The summed E-state index contributed by atoms with van der Waals surface area (Å²) in [5.41, 5.74) is 8.51. The molecule has 4 nitrogen and oxygen atoms in total. The molecule has 1 heterocycles. The van der Waals surface area contributed by atoms with Crippen LogP contribution in [0.4, 0.5) is 0 Å². The van der Waals surface area contributed by atoms with Crippen LogP contribution in [0, 0.1) is 13.8 Å². The number of hydrogen-bond acceptors (Lipinski definition) is 2. The summed E-state index contributed by atoms with van der Waals surface area (Å²) in [6, 6.07) is 3.93. The van der Waals surface area contributed by atoms with Gasteiger partial charge in [0, 0.05) is 5.39 Å². The van der Waals surface area contributed by atoms with Crippen LogP contribution in [0.15, 0.2) is 12.1 Å². The molecule has 0 aliphatic rings. The fourth-order valence-corrected chi connectivity index (χ4v) is 1.94. The molecule has 0 unspecified atom stereocenters. The van der Waals surface area contributed by atoms with Crippen LogP contribution < -0.4 is 10.5 Å². The molecule has 0 atom stereocenters. The Morgan fingerprint density at radius 3 is 2.62 bits per heavy atom. The maximum atomic E-state index is 11.2. The van der Waals surface area contributed by atoms with Crippen molar-refractivity contribution in [2.45, 2.75) is 13.8 Å². The molecule has 0 saturated heterocycles. The normalized spacial score (nSPS) is 10.7. The molecule has 16 heavy (non-hydrogen) atoms. The Labute approximate surface area is 93.4 Å². The lowest BCUT2D eigenvalue weighted by atomic mass is 10.1. The summed E-state index contributed by atoms with van der Waals surface area (Å²) in [6.45, 7) is 3.86. The van der Waals surface area contributed by atoms with Crippen LogP contribution in [0.3, 0.4) is 0 Å². The number of ether oxygens (including phenoxy) is 1. The predicted octanol–water partition coefficient (Wildman–Crippen LogP) is 1.89. The van der Waals surface area contributed by atoms with Crippen molar-refractivity contribution >= 4 is 16.8 Å². The molecular weight excluding hydrogens is 204 g/mol. The van der Waals surface area contributed by atoms with E-state index in [9.17, 15) is 4.79 Å². The summed E-state index contributed by atoms with van der Waals surface area (Å²) < 4.78 is 5.27. The first-order valence-electron chi connectivity index (χ1n) is 5.01. The monoisotopic (exact) mass is 218 g/mol. The van der Waals surface area contributed by atoms with E-state index < -0.39 is 5.91 Å². The van der Waals surface area contributed by atoms with Gasteiger partial charge in [-0.3, -0.25) is 4.79 Å². The summed E-state index contributed by atoms with van der Waals surface area (Å²) in [6.07, 6.45) is 0. The summed E-state index contributed by atoms with van der Waals surface area (Å²) in [5.74, 6) is 0.277. The summed E-state index contributed by atoms with van der Waals surface area (Å²) in [7, 11) is 1.61. The van der Waals surface area contributed by atoms with E-state index in [4.69, 9.17) is 10.5 Å². The topological polar surface area (TPSA) is 68.1 Å². The highest BCUT2D eigenvalue weighted by atomic mass is 16.5. The van der Waals surface area contributed by atoms with Crippen LogP contribution in [-0.2, 0) is 0 Å². The van der Waals surface area contributed by atoms with Crippen LogP contribution >= 0.6 is 0 Å². The molecule has 0 aliphatic heterocycles. The summed E-state index contributed by atoms with van der Waals surface area (Å²) in [5, 5.41) is 0.977. The Balaban J connectivity index is 2.85. The highest BCUT2D eigenvalue weighted by Gasteiger charge is 2.15. The van der Waals surface area contributed by atoms with Gasteiger partial charge >= 0.3 is 0 Å². The van der Waals surface area contributed by atoms with Gasteiger partial charge in [0.05, 0.1) is 12.6 Å². The van der Waals surface area contributed by atoms with Gasteiger partial charge < -0.3 is 15.5 Å². The van der Waals surface area contributed by atoms with Gasteiger partial charge in [0.15, 0.2) is 0 Å². The zero-order chi connectivity index (χ0) is 11.9. The molecule has 3 N–H and O–H groups in total. The molecule has 1 aromatic heterocycles. The average Bonchev–Trinajstić information content (AvgIpc) is 2.55. The molecule has 0 saturated carbocycles. The number of nitrogens with one attached hydrogen (secondary N) is 1. The van der Waals surface area contributed by atoms with E-state index in [1.54, 1.807) is 7.11 Å². The molecule has 1 aromatic carbocycles. The van der Waals surface area contributed by atoms with Crippen molar-refractivity contribution in [3.63, 3.8) is 0 Å². The predicted molar refractivity (Wildman–Crippen MR) is 62.8 cm³/mol. The van der Waals surface area contributed by atoms with E-state index in [1.165, 1.54) is 0 Å². The number of carbonyl (C=O) groups excluding carboxylic acids is 1. The smallest absolute Gasteiger partial charge is 0.265 e. The molecule has 1 amide bonds. The van der Waals surface area contributed by atoms with E-state index in [0.29, 0.717) is 5.69 Å². The lowest BCUT2D eigenvalue weighted by Crippen LogP contribution is -2.12. The molecular formula is C12H14N2O2. The van der Waals surface area contributed by atoms with Crippen LogP contribution in [0.2, 0.25) is 0 Å². The number of H-pyrrole nitrogens is 1. The Kier molecular flexibility index (Phi) is 2.34. The van der Waals surface area contributed by atoms with E-state index in [0.717, 1.165) is 27.8 Å². The summed E-state index contributed by atoms with van der Waals surface area (Å²) in [4.78, 5) is 14.2. The molecule has 0 bridgehead atoms. The minimum Gasteiger partial charge on any atom is -0.495 e. The first-order valence-corrected chi connectivity index (χ1v) is 5.01. The lowest BCUT2D eigenvalue weighted by molar-refractivity contribution is 0.0996. The van der Waals surface area contributed by atoms with Gasteiger partial charge in [-0.1, -0.05) is 0 Å². The third-order valence-corrected chi connectivity index (χ3v) is 2.74. The van der Waals surface area contributed by atoms with E-state index in [1.807, 2.05) is 26.0 Å². The average molecular weight is 218 g/mol. The SMILES string of the molecule is COc1cc(C)cc2c(C)c(C(N)=O)[nH]c12. The van der Waals surface area contributed by atoms with Crippen molar-refractivity contribution < 1.29 is 9.53 Å². The van der Waals surface area contributed by atoms with Crippen molar-refractivity contribution in [1.82, 2.24) is 4.98 Å². The number of fused-ring (bicyclic) bond motifs is 1. The number of aromatic amines is 1. The third-order valence-electron chi connectivity index (χ3n) is 2.74. The number of carbonyl (C=O) groups is 1. The number of nitrogens with two attached hydrogens (primary N) is 1. The van der Waals surface area contributed by atoms with Crippen LogP contribution in [-0.4, -0.2) is 18.0 Å². The van der Waals surface area contributed by atoms with Crippen molar-refractivity contribution in [3.8, 4) is 5.75 Å². The highest BCUT2D eigenvalue weighted by molar-refractivity contribution is 6.01. The second-order valence-electron chi connectivity index (χ2n) is 3.88. The Morgan fingerprint density at radius 2 is 2.06 bits per heavy atom. The van der Waals surface area contributed by atoms with Gasteiger partial charge in [-0.05, 0) is 37.1 Å². The first-order chi connectivity index (χ1) is 7.54. The van der Waals surface area contributed by atoms with Gasteiger partial charge in [-0.25, -0.2) is 0 Å². The molecule has 0 radical (unpaired) electrons. The quantitative estimate of drug-likeness (QED) is 0.808. The van der Waals surface area contributed by atoms with Crippen LogP contribution in [0.25, 0.3) is 10.9 Å². The molecule has 4 heteroatoms. The fraction of sp³-hybridized carbons (Fsp3) is 0.250. The van der Waals surface area contributed by atoms with Gasteiger partial charge in [0.25, 0.3) is 5.91 Å². The second kappa shape index (κ2) is 3.56.